The van der Waals surface area contributed by atoms with E-state index in [2.05, 4.69) is 11.4 Å². The van der Waals surface area contributed by atoms with Crippen LogP contribution >= 0.6 is 0 Å². The van der Waals surface area contributed by atoms with Gasteiger partial charge in [-0.2, -0.15) is 0 Å². The van der Waals surface area contributed by atoms with Crippen LogP contribution in [0.4, 0.5) is 5.69 Å². The molecular weight excluding hydrogens is 324 g/mol. The Kier molecular flexibility index (Phi) is 6.05. The van der Waals surface area contributed by atoms with Gasteiger partial charge in [-0.1, -0.05) is 24.3 Å². The maximum Gasteiger partial charge on any atom is 0.220 e. The molecule has 1 aliphatic rings. The van der Waals surface area contributed by atoms with E-state index in [1.807, 2.05) is 36.4 Å². The Morgan fingerprint density at radius 2 is 1.65 bits per heavy atom. The van der Waals surface area contributed by atoms with Gasteiger partial charge >= 0.3 is 0 Å². The lowest BCUT2D eigenvalue weighted by molar-refractivity contribution is -0.121. The number of hydrogen-bond acceptors (Lipinski definition) is 3. The van der Waals surface area contributed by atoms with Gasteiger partial charge in [0.05, 0.1) is 0 Å². The van der Waals surface area contributed by atoms with Gasteiger partial charge in [-0.3, -0.25) is 9.59 Å². The molecule has 0 bridgehead atoms. The molecule has 0 aromatic heterocycles. The number of anilines is 1. The van der Waals surface area contributed by atoms with Crippen LogP contribution in [0.5, 0.6) is 0 Å². The lowest BCUT2D eigenvalue weighted by Crippen LogP contribution is -2.26. The Labute approximate surface area is 154 Å². The summed E-state index contributed by atoms with van der Waals surface area (Å²) in [5.41, 5.74) is 10.9. The zero-order valence-electron chi connectivity index (χ0n) is 15.1. The number of nitrogens with two attached hydrogens (primary N) is 1. The number of aryl methyl sites for hydroxylation is 2. The van der Waals surface area contributed by atoms with Crippen LogP contribution in [0.2, 0.25) is 0 Å². The summed E-state index contributed by atoms with van der Waals surface area (Å²) in [5, 5.41) is 2.88. The van der Waals surface area contributed by atoms with E-state index in [-0.39, 0.29) is 24.5 Å². The van der Waals surface area contributed by atoms with Crippen LogP contribution < -0.4 is 11.1 Å². The highest BCUT2D eigenvalue weighted by Gasteiger charge is 2.14. The van der Waals surface area contributed by atoms with Crippen molar-refractivity contribution in [1.82, 2.24) is 5.32 Å². The van der Waals surface area contributed by atoms with E-state index in [4.69, 9.17) is 5.73 Å². The maximum atomic E-state index is 12.4. The minimum atomic E-state index is -0.0771. The number of Topliss-reactive ketones (excluding diaryl/α,β-unsaturated/α-hetero) is 1. The van der Waals surface area contributed by atoms with Crippen LogP contribution in [0, 0.1) is 0 Å². The number of carbonyl (C=O) groups excluding carboxylic acids is 2. The number of benzene rings is 2. The lowest BCUT2D eigenvalue weighted by Gasteiger charge is -2.16. The van der Waals surface area contributed by atoms with Gasteiger partial charge in [-0.05, 0) is 67.0 Å². The molecule has 4 heteroatoms. The molecule has 2 aromatic carbocycles. The first-order chi connectivity index (χ1) is 12.6. The average molecular weight is 350 g/mol. The van der Waals surface area contributed by atoms with Crippen molar-refractivity contribution in [2.45, 2.75) is 44.9 Å². The van der Waals surface area contributed by atoms with E-state index in [0.29, 0.717) is 6.54 Å². The first-order valence-electron chi connectivity index (χ1n) is 9.38. The number of nitrogens with one attached hydrogen (secondary N) is 1. The number of amides is 1. The summed E-state index contributed by atoms with van der Waals surface area (Å²) >= 11 is 0. The van der Waals surface area contributed by atoms with Gasteiger partial charge in [0.15, 0.2) is 5.78 Å². The Morgan fingerprint density at radius 3 is 2.42 bits per heavy atom. The highest BCUT2D eigenvalue weighted by Crippen LogP contribution is 2.22. The van der Waals surface area contributed by atoms with Crippen molar-refractivity contribution in [3.63, 3.8) is 0 Å². The molecule has 0 saturated heterocycles. The molecule has 2 aromatic rings. The van der Waals surface area contributed by atoms with Crippen molar-refractivity contribution in [3.05, 3.63) is 64.7 Å². The summed E-state index contributed by atoms with van der Waals surface area (Å²) in [6, 6.07) is 13.6. The van der Waals surface area contributed by atoms with Crippen molar-refractivity contribution < 1.29 is 9.59 Å². The fourth-order valence-electron chi connectivity index (χ4n) is 3.40. The van der Waals surface area contributed by atoms with Crippen LogP contribution in [0.1, 0.15) is 52.7 Å². The largest absolute Gasteiger partial charge is 0.399 e. The smallest absolute Gasteiger partial charge is 0.220 e. The third-order valence-corrected chi connectivity index (χ3v) is 4.97. The van der Waals surface area contributed by atoms with E-state index in [0.717, 1.165) is 36.1 Å². The van der Waals surface area contributed by atoms with Crippen molar-refractivity contribution in [2.75, 3.05) is 12.3 Å². The molecule has 0 fully saturated rings. The molecule has 4 nitrogen and oxygen atoms in total. The number of nitrogen functional groups attached to an aromatic ring is 1. The van der Waals surface area contributed by atoms with Crippen LogP contribution in [0.15, 0.2) is 42.5 Å². The molecule has 0 heterocycles. The van der Waals surface area contributed by atoms with Crippen LogP contribution in [-0.4, -0.2) is 18.2 Å². The van der Waals surface area contributed by atoms with E-state index in [1.54, 1.807) is 0 Å². The number of rotatable bonds is 7. The van der Waals surface area contributed by atoms with Crippen molar-refractivity contribution in [1.29, 1.82) is 0 Å². The zero-order chi connectivity index (χ0) is 18.4. The second-order valence-electron chi connectivity index (χ2n) is 6.96. The van der Waals surface area contributed by atoms with Gasteiger partial charge in [0.25, 0.3) is 0 Å². The second kappa shape index (κ2) is 8.65. The molecule has 0 unspecified atom stereocenters. The zero-order valence-corrected chi connectivity index (χ0v) is 15.1. The Balaban J connectivity index is 1.42. The van der Waals surface area contributed by atoms with Gasteiger partial charge in [-0.25, -0.2) is 0 Å². The fraction of sp³-hybridized carbons (Fsp3) is 0.364. The third-order valence-electron chi connectivity index (χ3n) is 4.97. The molecule has 0 saturated carbocycles. The summed E-state index contributed by atoms with van der Waals surface area (Å²) in [7, 11) is 0. The highest BCUT2D eigenvalue weighted by molar-refractivity contribution is 5.98. The first-order valence-corrected chi connectivity index (χ1v) is 9.38. The predicted octanol–water partition coefficient (Wildman–Crippen LogP) is 3.47. The fourth-order valence-corrected chi connectivity index (χ4v) is 3.40. The summed E-state index contributed by atoms with van der Waals surface area (Å²) in [6.07, 6.45) is 5.84. The van der Waals surface area contributed by atoms with Crippen molar-refractivity contribution >= 4 is 17.4 Å². The standard InChI is InChI=1S/C22H26N2O2/c23-20-9-5-16(6-10-20)13-14-24-22(26)12-11-21(25)19-8-7-17-3-1-2-4-18(17)15-19/h5-10,15H,1-4,11-14,23H2,(H,24,26). The lowest BCUT2D eigenvalue weighted by atomic mass is 9.89. The van der Waals surface area contributed by atoms with Gasteiger partial charge in [0.1, 0.15) is 0 Å². The van der Waals surface area contributed by atoms with Crippen molar-refractivity contribution in [3.8, 4) is 0 Å². The average Bonchev–Trinajstić information content (AvgIpc) is 2.67. The van der Waals surface area contributed by atoms with Crippen LogP contribution in [0.3, 0.4) is 0 Å². The minimum absolute atomic E-state index is 0.0482. The summed E-state index contributed by atoms with van der Waals surface area (Å²) < 4.78 is 0. The van der Waals surface area contributed by atoms with Crippen LogP contribution in [0.25, 0.3) is 0 Å². The first kappa shape index (κ1) is 18.2. The quantitative estimate of drug-likeness (QED) is 0.593. The minimum Gasteiger partial charge on any atom is -0.399 e. The number of hydrogen-bond donors (Lipinski definition) is 2. The SMILES string of the molecule is Nc1ccc(CCNC(=O)CCC(=O)c2ccc3c(c2)CCCC3)cc1. The molecule has 0 aliphatic heterocycles. The number of fused-ring (bicyclic) bond motifs is 1. The predicted molar refractivity (Wildman–Crippen MR) is 104 cm³/mol. The Morgan fingerprint density at radius 1 is 0.923 bits per heavy atom. The maximum absolute atomic E-state index is 12.4. The van der Waals surface area contributed by atoms with E-state index >= 15 is 0 Å². The molecule has 0 atom stereocenters. The monoisotopic (exact) mass is 350 g/mol. The normalized spacial score (nSPS) is 13.1. The highest BCUT2D eigenvalue weighted by atomic mass is 16.2. The summed E-state index contributed by atoms with van der Waals surface area (Å²) in [5.74, 6) is -0.0289. The Bertz CT molecular complexity index is 781. The molecule has 1 aliphatic carbocycles. The van der Waals surface area contributed by atoms with Crippen molar-refractivity contribution in [2.24, 2.45) is 0 Å². The van der Waals surface area contributed by atoms with E-state index in [1.165, 1.54) is 24.0 Å². The molecule has 1 amide bonds. The summed E-state index contributed by atoms with van der Waals surface area (Å²) in [4.78, 5) is 24.3. The molecule has 0 radical (unpaired) electrons. The molecule has 136 valence electrons. The number of carbonyl (C=O) groups is 2. The Hall–Kier alpha value is -2.62. The van der Waals surface area contributed by atoms with Gasteiger partial charge in [-0.15, -0.1) is 0 Å². The molecule has 0 spiro atoms. The van der Waals surface area contributed by atoms with E-state index in [9.17, 15) is 9.59 Å². The van der Waals surface area contributed by atoms with Gasteiger partial charge in [0.2, 0.25) is 5.91 Å². The molecule has 26 heavy (non-hydrogen) atoms. The third kappa shape index (κ3) is 4.94. The summed E-state index contributed by atoms with van der Waals surface area (Å²) in [6.45, 7) is 0.565. The van der Waals surface area contributed by atoms with E-state index < -0.39 is 0 Å². The van der Waals surface area contributed by atoms with Gasteiger partial charge in [0, 0.05) is 30.6 Å². The molecule has 3 N–H and O–H groups in total. The molecular formula is C22H26N2O2. The van der Waals surface area contributed by atoms with Crippen LogP contribution in [-0.2, 0) is 24.1 Å². The topological polar surface area (TPSA) is 72.2 Å². The molecule has 3 rings (SSSR count). The van der Waals surface area contributed by atoms with Gasteiger partial charge < -0.3 is 11.1 Å². The number of ketones is 1. The second-order valence-corrected chi connectivity index (χ2v) is 6.96.